The molecular formula is C20H24N2O3S2. The van der Waals surface area contributed by atoms with Gasteiger partial charge in [-0.25, -0.2) is 8.42 Å². The summed E-state index contributed by atoms with van der Waals surface area (Å²) in [4.78, 5) is 18.0. The second kappa shape index (κ2) is 7.37. The van der Waals surface area contributed by atoms with Crippen LogP contribution in [0.2, 0.25) is 0 Å². The molecule has 1 atom stereocenters. The van der Waals surface area contributed by atoms with E-state index >= 15 is 0 Å². The van der Waals surface area contributed by atoms with Crippen LogP contribution in [0.3, 0.4) is 0 Å². The molecule has 0 bridgehead atoms. The maximum atomic E-state index is 13.1. The fraction of sp³-hybridized carbons (Fsp3) is 0.450. The van der Waals surface area contributed by atoms with E-state index in [0.29, 0.717) is 18.8 Å². The van der Waals surface area contributed by atoms with Gasteiger partial charge in [-0.1, -0.05) is 29.8 Å². The Morgan fingerprint density at radius 1 is 1.07 bits per heavy atom. The van der Waals surface area contributed by atoms with Crippen molar-refractivity contribution >= 4 is 27.1 Å². The predicted molar refractivity (Wildman–Crippen MR) is 109 cm³/mol. The molecule has 0 N–H and O–H groups in total. The topological polar surface area (TPSA) is 57.7 Å². The molecule has 0 saturated carbocycles. The Bertz CT molecular complexity index is 926. The van der Waals surface area contributed by atoms with E-state index in [1.807, 2.05) is 16.3 Å². The van der Waals surface area contributed by atoms with Crippen molar-refractivity contribution in [2.45, 2.75) is 19.4 Å². The highest BCUT2D eigenvalue weighted by atomic mass is 32.2. The summed E-state index contributed by atoms with van der Waals surface area (Å²) in [6.45, 7) is 4.86. The molecule has 2 fully saturated rings. The lowest BCUT2D eigenvalue weighted by Gasteiger charge is -2.37. The van der Waals surface area contributed by atoms with Crippen LogP contribution in [0.1, 0.15) is 21.7 Å². The fourth-order valence-electron chi connectivity index (χ4n) is 3.93. The van der Waals surface area contributed by atoms with E-state index in [-0.39, 0.29) is 17.7 Å². The number of hydrogen-bond donors (Lipinski definition) is 0. The van der Waals surface area contributed by atoms with Crippen LogP contribution in [-0.2, 0) is 9.84 Å². The number of carbonyl (C=O) groups is 1. The standard InChI is InChI=1S/C20H24N2O3S2/c1-15-2-4-16(5-3-15)18-6-12-26-19(18)20(23)22-10-8-21(9-11-22)17-7-13-27(24,25)14-17/h2-6,12,17H,7-11,13-14H2,1H3. The number of benzene rings is 1. The number of amides is 1. The number of nitrogens with zero attached hydrogens (tertiary/aromatic N) is 2. The second-order valence-corrected chi connectivity index (χ2v) is 10.6. The number of piperazine rings is 1. The second-order valence-electron chi connectivity index (χ2n) is 7.41. The molecule has 2 aliphatic rings. The highest BCUT2D eigenvalue weighted by Gasteiger charge is 2.34. The molecule has 0 aliphatic carbocycles. The number of carbonyl (C=O) groups excluding carboxylic acids is 1. The third-order valence-electron chi connectivity index (χ3n) is 5.55. The number of sulfone groups is 1. The van der Waals surface area contributed by atoms with E-state index in [1.165, 1.54) is 16.9 Å². The molecule has 7 heteroatoms. The Hall–Kier alpha value is -1.70. The van der Waals surface area contributed by atoms with Crippen LogP contribution in [0.5, 0.6) is 0 Å². The van der Waals surface area contributed by atoms with E-state index in [1.54, 1.807) is 0 Å². The number of aryl methyl sites for hydroxylation is 1. The predicted octanol–water partition coefficient (Wildman–Crippen LogP) is 2.67. The lowest BCUT2D eigenvalue weighted by molar-refractivity contribution is 0.0593. The first-order valence-corrected chi connectivity index (χ1v) is 12.0. The zero-order valence-corrected chi connectivity index (χ0v) is 17.1. The van der Waals surface area contributed by atoms with Gasteiger partial charge in [0.05, 0.1) is 16.4 Å². The van der Waals surface area contributed by atoms with Crippen LogP contribution in [0.25, 0.3) is 11.1 Å². The lowest BCUT2D eigenvalue weighted by Crippen LogP contribution is -2.52. The van der Waals surface area contributed by atoms with Crippen LogP contribution in [0.4, 0.5) is 0 Å². The van der Waals surface area contributed by atoms with Gasteiger partial charge >= 0.3 is 0 Å². The fourth-order valence-corrected chi connectivity index (χ4v) is 6.58. The molecule has 2 aliphatic heterocycles. The van der Waals surface area contributed by atoms with Gasteiger partial charge in [0.15, 0.2) is 9.84 Å². The van der Waals surface area contributed by atoms with Crippen LogP contribution in [0, 0.1) is 6.92 Å². The summed E-state index contributed by atoms with van der Waals surface area (Å²) < 4.78 is 23.4. The van der Waals surface area contributed by atoms with Crippen molar-refractivity contribution in [2.24, 2.45) is 0 Å². The van der Waals surface area contributed by atoms with Gasteiger partial charge in [0.1, 0.15) is 0 Å². The van der Waals surface area contributed by atoms with Gasteiger partial charge in [0, 0.05) is 37.8 Å². The molecule has 27 heavy (non-hydrogen) atoms. The van der Waals surface area contributed by atoms with Crippen molar-refractivity contribution in [3.63, 3.8) is 0 Å². The molecule has 1 unspecified atom stereocenters. The van der Waals surface area contributed by atoms with Crippen LogP contribution in [0.15, 0.2) is 35.7 Å². The summed E-state index contributed by atoms with van der Waals surface area (Å²) in [7, 11) is -2.87. The van der Waals surface area contributed by atoms with Crippen molar-refractivity contribution < 1.29 is 13.2 Å². The van der Waals surface area contributed by atoms with Crippen molar-refractivity contribution in [3.05, 3.63) is 46.2 Å². The average Bonchev–Trinajstić information content (AvgIpc) is 3.28. The van der Waals surface area contributed by atoms with E-state index in [0.717, 1.165) is 35.5 Å². The number of hydrogen-bond acceptors (Lipinski definition) is 5. The number of thiophene rings is 1. The highest BCUT2D eigenvalue weighted by molar-refractivity contribution is 7.91. The first-order valence-electron chi connectivity index (χ1n) is 9.31. The van der Waals surface area contributed by atoms with Crippen LogP contribution in [-0.4, -0.2) is 67.9 Å². The zero-order valence-electron chi connectivity index (χ0n) is 15.4. The van der Waals surface area contributed by atoms with Crippen molar-refractivity contribution in [1.29, 1.82) is 0 Å². The van der Waals surface area contributed by atoms with Gasteiger partial charge in [0.25, 0.3) is 5.91 Å². The Morgan fingerprint density at radius 3 is 2.41 bits per heavy atom. The van der Waals surface area contributed by atoms with Crippen molar-refractivity contribution in [1.82, 2.24) is 9.80 Å². The summed E-state index contributed by atoms with van der Waals surface area (Å²) in [5, 5.41) is 1.97. The Kier molecular flexibility index (Phi) is 5.09. The summed E-state index contributed by atoms with van der Waals surface area (Å²) in [6, 6.07) is 10.4. The van der Waals surface area contributed by atoms with Crippen LogP contribution >= 0.6 is 11.3 Å². The SMILES string of the molecule is Cc1ccc(-c2ccsc2C(=O)N2CCN(C3CCS(=O)(=O)C3)CC2)cc1. The molecule has 0 radical (unpaired) electrons. The van der Waals surface area contributed by atoms with E-state index in [9.17, 15) is 13.2 Å². The van der Waals surface area contributed by atoms with E-state index in [4.69, 9.17) is 0 Å². The Balaban J connectivity index is 1.43. The molecule has 0 spiro atoms. The highest BCUT2D eigenvalue weighted by Crippen LogP contribution is 2.30. The minimum Gasteiger partial charge on any atom is -0.335 e. The smallest absolute Gasteiger partial charge is 0.264 e. The Labute approximate surface area is 164 Å². The molecule has 2 aromatic rings. The largest absolute Gasteiger partial charge is 0.335 e. The summed E-state index contributed by atoms with van der Waals surface area (Å²) in [5.74, 6) is 0.647. The Morgan fingerprint density at radius 2 is 1.78 bits per heavy atom. The summed E-state index contributed by atoms with van der Waals surface area (Å²) in [5.41, 5.74) is 3.27. The minimum atomic E-state index is -2.87. The third-order valence-corrected chi connectivity index (χ3v) is 8.20. The van der Waals surface area contributed by atoms with E-state index in [2.05, 4.69) is 36.1 Å². The molecule has 1 aromatic heterocycles. The maximum absolute atomic E-state index is 13.1. The van der Waals surface area contributed by atoms with Gasteiger partial charge < -0.3 is 4.90 Å². The molecule has 5 nitrogen and oxygen atoms in total. The van der Waals surface area contributed by atoms with Gasteiger partial charge in [-0.15, -0.1) is 11.3 Å². The molecule has 3 heterocycles. The zero-order chi connectivity index (χ0) is 19.0. The third kappa shape index (κ3) is 3.95. The first-order chi connectivity index (χ1) is 12.9. The quantitative estimate of drug-likeness (QED) is 0.789. The van der Waals surface area contributed by atoms with Gasteiger partial charge in [-0.05, 0) is 30.4 Å². The minimum absolute atomic E-state index is 0.0827. The molecule has 144 valence electrons. The van der Waals surface area contributed by atoms with Gasteiger partial charge in [-0.3, -0.25) is 9.69 Å². The summed E-state index contributed by atoms with van der Waals surface area (Å²) in [6.07, 6.45) is 0.721. The normalized spacial score (nSPS) is 22.9. The molecular weight excluding hydrogens is 380 g/mol. The number of rotatable bonds is 3. The monoisotopic (exact) mass is 404 g/mol. The molecule has 1 amide bonds. The van der Waals surface area contributed by atoms with Gasteiger partial charge in [0.2, 0.25) is 0 Å². The molecule has 4 rings (SSSR count). The molecule has 2 saturated heterocycles. The van der Waals surface area contributed by atoms with Crippen LogP contribution < -0.4 is 0 Å². The van der Waals surface area contributed by atoms with Crippen molar-refractivity contribution in [3.8, 4) is 11.1 Å². The molecule has 1 aromatic carbocycles. The maximum Gasteiger partial charge on any atom is 0.264 e. The van der Waals surface area contributed by atoms with Crippen molar-refractivity contribution in [2.75, 3.05) is 37.7 Å². The summed E-state index contributed by atoms with van der Waals surface area (Å²) >= 11 is 1.49. The first kappa shape index (κ1) is 18.7. The lowest BCUT2D eigenvalue weighted by atomic mass is 10.0. The van der Waals surface area contributed by atoms with E-state index < -0.39 is 9.84 Å². The average molecular weight is 405 g/mol. The van der Waals surface area contributed by atoms with Gasteiger partial charge in [-0.2, -0.15) is 0 Å².